The molecule has 0 aliphatic rings. The van der Waals surface area contributed by atoms with Gasteiger partial charge >= 0.3 is 0 Å². The van der Waals surface area contributed by atoms with E-state index in [-0.39, 0.29) is 12.3 Å². The number of hydrogen-bond donors (Lipinski definition) is 3. The fourth-order valence-electron chi connectivity index (χ4n) is 2.21. The minimum atomic E-state index is -1.66. The minimum absolute atomic E-state index is 0.203. The van der Waals surface area contributed by atoms with Gasteiger partial charge in [0, 0.05) is 19.0 Å². The molecule has 2 aromatic carbocycles. The van der Waals surface area contributed by atoms with Gasteiger partial charge in [0.2, 0.25) is 11.2 Å². The van der Waals surface area contributed by atoms with Crippen LogP contribution in [0.1, 0.15) is 12.5 Å². The lowest BCUT2D eigenvalue weighted by Crippen LogP contribution is -2.40. The third-order valence-corrected chi connectivity index (χ3v) is 4.97. The number of nitrogens with one attached hydrogen (secondary N) is 2. The van der Waals surface area contributed by atoms with Crippen molar-refractivity contribution in [3.8, 4) is 0 Å². The first-order valence-electron chi connectivity index (χ1n) is 7.27. The van der Waals surface area contributed by atoms with Gasteiger partial charge in [-0.25, -0.2) is 5.48 Å². The standard InChI is InChI=1S/C17H18N2O4S/c1-12(20)18-14-7-9-15(10-8-14)24(23)16(17(21)19-22)11-13-5-3-2-4-6-13/h2-10,16,22H,11H2,1H3,(H,18,20)(H,19,21). The Labute approximate surface area is 143 Å². The van der Waals surface area contributed by atoms with Crippen molar-refractivity contribution in [2.45, 2.75) is 23.5 Å². The molecular formula is C17H18N2O4S. The van der Waals surface area contributed by atoms with Crippen LogP contribution in [0.3, 0.4) is 0 Å². The molecule has 3 N–H and O–H groups in total. The fourth-order valence-corrected chi connectivity index (χ4v) is 3.53. The summed E-state index contributed by atoms with van der Waals surface area (Å²) in [7, 11) is 0. The molecule has 0 aromatic heterocycles. The normalized spacial score (nSPS) is 13.0. The van der Waals surface area contributed by atoms with Gasteiger partial charge in [0.1, 0.15) is 0 Å². The topological polar surface area (TPSA) is 101 Å². The molecule has 0 fully saturated rings. The Morgan fingerprint density at radius 3 is 2.29 bits per heavy atom. The molecule has 0 bridgehead atoms. The van der Waals surface area contributed by atoms with Gasteiger partial charge in [0.05, 0.1) is 0 Å². The summed E-state index contributed by atoms with van der Waals surface area (Å²) in [4.78, 5) is 23.4. The first-order chi connectivity index (χ1) is 11.5. The molecule has 126 valence electrons. The number of anilines is 1. The Balaban J connectivity index is 2.19. The SMILES string of the molecule is CC(=O)Nc1ccc([S+]([O-])C(Cc2ccccc2)C(=O)NO)cc1. The summed E-state index contributed by atoms with van der Waals surface area (Å²) in [5.41, 5.74) is 3.00. The van der Waals surface area contributed by atoms with Crippen molar-refractivity contribution in [1.29, 1.82) is 0 Å². The quantitative estimate of drug-likeness (QED) is 0.422. The molecule has 2 aromatic rings. The highest BCUT2D eigenvalue weighted by molar-refractivity contribution is 7.92. The second kappa shape index (κ2) is 8.49. The highest BCUT2D eigenvalue weighted by Crippen LogP contribution is 2.21. The van der Waals surface area contributed by atoms with Crippen LogP contribution in [0.5, 0.6) is 0 Å². The second-order valence-electron chi connectivity index (χ2n) is 5.16. The predicted molar refractivity (Wildman–Crippen MR) is 91.0 cm³/mol. The number of amides is 2. The van der Waals surface area contributed by atoms with E-state index in [1.54, 1.807) is 29.7 Å². The van der Waals surface area contributed by atoms with Gasteiger partial charge in [-0.15, -0.1) is 0 Å². The average Bonchev–Trinajstić information content (AvgIpc) is 2.59. The van der Waals surface area contributed by atoms with Crippen LogP contribution < -0.4 is 10.8 Å². The molecule has 2 amide bonds. The Morgan fingerprint density at radius 2 is 1.75 bits per heavy atom. The van der Waals surface area contributed by atoms with Crippen LogP contribution in [0.4, 0.5) is 5.69 Å². The summed E-state index contributed by atoms with van der Waals surface area (Å²) in [5, 5.41) is 10.6. The van der Waals surface area contributed by atoms with Crippen LogP contribution in [0.25, 0.3) is 0 Å². The Morgan fingerprint density at radius 1 is 1.12 bits per heavy atom. The molecule has 0 saturated heterocycles. The molecule has 7 heteroatoms. The largest absolute Gasteiger partial charge is 0.611 e. The number of carbonyl (C=O) groups excluding carboxylic acids is 2. The number of carbonyl (C=O) groups is 2. The van der Waals surface area contributed by atoms with E-state index < -0.39 is 22.3 Å². The van der Waals surface area contributed by atoms with E-state index in [4.69, 9.17) is 5.21 Å². The Kier molecular flexibility index (Phi) is 6.36. The minimum Gasteiger partial charge on any atom is -0.611 e. The van der Waals surface area contributed by atoms with E-state index in [0.717, 1.165) is 5.56 Å². The first-order valence-corrected chi connectivity index (χ1v) is 8.48. The Hall–Kier alpha value is -2.35. The van der Waals surface area contributed by atoms with Crippen molar-refractivity contribution in [2.24, 2.45) is 0 Å². The van der Waals surface area contributed by atoms with Gasteiger partial charge in [0.15, 0.2) is 4.90 Å². The molecule has 0 heterocycles. The van der Waals surface area contributed by atoms with E-state index in [9.17, 15) is 14.1 Å². The summed E-state index contributed by atoms with van der Waals surface area (Å²) in [5.74, 6) is -0.909. The summed E-state index contributed by atoms with van der Waals surface area (Å²) < 4.78 is 12.7. The average molecular weight is 346 g/mol. The van der Waals surface area contributed by atoms with Gasteiger partial charge in [-0.3, -0.25) is 14.8 Å². The number of rotatable bonds is 6. The number of benzene rings is 2. The highest BCUT2D eigenvalue weighted by atomic mass is 32.2. The van der Waals surface area contributed by atoms with Crippen LogP contribution in [0, 0.1) is 0 Å². The van der Waals surface area contributed by atoms with Crippen LogP contribution >= 0.6 is 0 Å². The maximum absolute atomic E-state index is 12.7. The van der Waals surface area contributed by atoms with Crippen LogP contribution in [0.15, 0.2) is 59.5 Å². The van der Waals surface area contributed by atoms with Gasteiger partial charge < -0.3 is 9.87 Å². The maximum Gasteiger partial charge on any atom is 0.297 e. The number of hydrogen-bond acceptors (Lipinski definition) is 4. The third kappa shape index (κ3) is 4.82. The number of hydroxylamine groups is 1. The molecule has 2 unspecified atom stereocenters. The molecule has 6 nitrogen and oxygen atoms in total. The van der Waals surface area contributed by atoms with E-state index in [1.165, 1.54) is 6.92 Å². The smallest absolute Gasteiger partial charge is 0.297 e. The van der Waals surface area contributed by atoms with E-state index >= 15 is 0 Å². The van der Waals surface area contributed by atoms with Gasteiger partial charge in [-0.05, 0) is 41.0 Å². The molecule has 0 saturated carbocycles. The summed E-state index contributed by atoms with van der Waals surface area (Å²) in [6.07, 6.45) is 0.229. The van der Waals surface area contributed by atoms with Crippen molar-refractivity contribution in [3.05, 3.63) is 60.2 Å². The molecule has 0 radical (unpaired) electrons. The summed E-state index contributed by atoms with van der Waals surface area (Å²) in [6, 6.07) is 15.6. The maximum atomic E-state index is 12.7. The van der Waals surface area contributed by atoms with Crippen LogP contribution in [0.2, 0.25) is 0 Å². The Bertz CT molecular complexity index is 691. The zero-order valence-electron chi connectivity index (χ0n) is 13.1. The second-order valence-corrected chi connectivity index (χ2v) is 6.79. The predicted octanol–water partition coefficient (Wildman–Crippen LogP) is 1.87. The van der Waals surface area contributed by atoms with Crippen LogP contribution in [-0.4, -0.2) is 26.8 Å². The summed E-state index contributed by atoms with van der Waals surface area (Å²) in [6.45, 7) is 1.40. The van der Waals surface area contributed by atoms with Crippen molar-refractivity contribution in [1.82, 2.24) is 5.48 Å². The first kappa shape index (κ1) is 18.0. The molecule has 2 atom stereocenters. The zero-order valence-corrected chi connectivity index (χ0v) is 13.9. The van der Waals surface area contributed by atoms with Gasteiger partial charge in [-0.2, -0.15) is 0 Å². The fraction of sp³-hybridized carbons (Fsp3) is 0.176. The highest BCUT2D eigenvalue weighted by Gasteiger charge is 2.32. The molecule has 0 aliphatic carbocycles. The van der Waals surface area contributed by atoms with Gasteiger partial charge in [0.25, 0.3) is 5.91 Å². The molecule has 2 rings (SSSR count). The van der Waals surface area contributed by atoms with Crippen molar-refractivity contribution in [3.63, 3.8) is 0 Å². The van der Waals surface area contributed by atoms with Crippen molar-refractivity contribution >= 4 is 28.7 Å². The van der Waals surface area contributed by atoms with E-state index in [2.05, 4.69) is 5.32 Å². The van der Waals surface area contributed by atoms with E-state index in [0.29, 0.717) is 10.6 Å². The lowest BCUT2D eigenvalue weighted by molar-refractivity contribution is -0.128. The molecule has 0 spiro atoms. The summed E-state index contributed by atoms with van der Waals surface area (Å²) >= 11 is -1.66. The van der Waals surface area contributed by atoms with Crippen molar-refractivity contribution in [2.75, 3.05) is 5.32 Å². The van der Waals surface area contributed by atoms with Gasteiger partial charge in [-0.1, -0.05) is 30.3 Å². The van der Waals surface area contributed by atoms with E-state index in [1.807, 2.05) is 30.3 Å². The molecular weight excluding hydrogens is 328 g/mol. The molecule has 0 aliphatic heterocycles. The van der Waals surface area contributed by atoms with Crippen LogP contribution in [-0.2, 0) is 27.2 Å². The third-order valence-electron chi connectivity index (χ3n) is 3.33. The monoisotopic (exact) mass is 346 g/mol. The lowest BCUT2D eigenvalue weighted by atomic mass is 10.1. The molecule has 24 heavy (non-hydrogen) atoms. The lowest BCUT2D eigenvalue weighted by Gasteiger charge is -2.20. The zero-order chi connectivity index (χ0) is 17.5. The van der Waals surface area contributed by atoms with Crippen molar-refractivity contribution < 1.29 is 19.3 Å².